The maximum Gasteiger partial charge on any atom is 0.257 e. The Hall–Kier alpha value is -2.33. The van der Waals surface area contributed by atoms with Gasteiger partial charge in [-0.2, -0.15) is 0 Å². The zero-order chi connectivity index (χ0) is 20.1. The Bertz CT molecular complexity index is 793. The molecule has 0 bridgehead atoms. The maximum absolute atomic E-state index is 12.9. The molecule has 1 atom stereocenters. The third-order valence-corrected chi connectivity index (χ3v) is 6.24. The molecular formula is C25H32N2O2. The highest BCUT2D eigenvalue weighted by molar-refractivity contribution is 5.97. The fraction of sp³-hybridized carbons (Fsp3) is 0.480. The number of carbonyl (C=O) groups excluding carboxylic acids is 1. The predicted molar refractivity (Wildman–Crippen MR) is 117 cm³/mol. The van der Waals surface area contributed by atoms with E-state index in [-0.39, 0.29) is 12.0 Å². The van der Waals surface area contributed by atoms with Crippen LogP contribution in [0.4, 0.5) is 0 Å². The summed E-state index contributed by atoms with van der Waals surface area (Å²) in [6.45, 7) is 7.21. The van der Waals surface area contributed by atoms with Crippen molar-refractivity contribution in [1.29, 1.82) is 0 Å². The van der Waals surface area contributed by atoms with Crippen molar-refractivity contribution in [1.82, 2.24) is 9.80 Å². The lowest BCUT2D eigenvalue weighted by Gasteiger charge is -2.34. The number of nitrogens with zero attached hydrogens (tertiary/aromatic N) is 2. The Morgan fingerprint density at radius 1 is 0.966 bits per heavy atom. The number of piperidine rings is 1. The van der Waals surface area contributed by atoms with Crippen molar-refractivity contribution >= 4 is 5.91 Å². The standard InChI is InChI=1S/C25H32N2O2/c1-20(21-9-3-2-4-10-21)19-26-17-13-22(14-18-26)29-24-12-6-5-11-23(24)25(28)27-15-7-8-16-27/h2-6,9-12,20,22H,7-8,13-19H2,1H3. The molecule has 1 unspecified atom stereocenters. The first-order chi connectivity index (χ1) is 14.2. The molecule has 2 fully saturated rings. The first-order valence-electron chi connectivity index (χ1n) is 11.0. The van der Waals surface area contributed by atoms with Crippen molar-refractivity contribution in [3.63, 3.8) is 0 Å². The highest BCUT2D eigenvalue weighted by atomic mass is 16.5. The molecular weight excluding hydrogens is 360 g/mol. The summed E-state index contributed by atoms with van der Waals surface area (Å²) in [6, 6.07) is 18.5. The molecule has 2 aliphatic rings. The average molecular weight is 393 g/mol. The minimum atomic E-state index is 0.118. The number of ether oxygens (including phenoxy) is 1. The van der Waals surface area contributed by atoms with Crippen LogP contribution in [0.3, 0.4) is 0 Å². The maximum atomic E-state index is 12.9. The van der Waals surface area contributed by atoms with Crippen molar-refractivity contribution in [2.75, 3.05) is 32.7 Å². The van der Waals surface area contributed by atoms with E-state index in [1.54, 1.807) is 0 Å². The lowest BCUT2D eigenvalue weighted by atomic mass is 9.99. The number of hydrogen-bond acceptors (Lipinski definition) is 3. The van der Waals surface area contributed by atoms with Crippen LogP contribution in [-0.2, 0) is 0 Å². The van der Waals surface area contributed by atoms with Crippen LogP contribution < -0.4 is 4.74 Å². The van der Waals surface area contributed by atoms with Gasteiger partial charge < -0.3 is 14.5 Å². The molecule has 0 N–H and O–H groups in total. The molecule has 4 nitrogen and oxygen atoms in total. The molecule has 2 aromatic carbocycles. The van der Waals surface area contributed by atoms with Gasteiger partial charge in [-0.05, 0) is 49.3 Å². The fourth-order valence-electron chi connectivity index (χ4n) is 4.50. The summed E-state index contributed by atoms with van der Waals surface area (Å²) in [5.74, 6) is 1.40. The van der Waals surface area contributed by atoms with Crippen molar-refractivity contribution in [3.05, 3.63) is 65.7 Å². The second-order valence-corrected chi connectivity index (χ2v) is 8.43. The van der Waals surface area contributed by atoms with Crippen molar-refractivity contribution in [3.8, 4) is 5.75 Å². The van der Waals surface area contributed by atoms with E-state index in [0.717, 1.165) is 69.7 Å². The Morgan fingerprint density at radius 2 is 1.62 bits per heavy atom. The number of likely N-dealkylation sites (tertiary alicyclic amines) is 2. The van der Waals surface area contributed by atoms with Crippen molar-refractivity contribution in [2.45, 2.75) is 44.6 Å². The van der Waals surface area contributed by atoms with Gasteiger partial charge in [-0.3, -0.25) is 4.79 Å². The first-order valence-corrected chi connectivity index (χ1v) is 11.0. The highest BCUT2D eigenvalue weighted by Gasteiger charge is 2.26. The summed E-state index contributed by atoms with van der Waals surface area (Å²) < 4.78 is 6.33. The van der Waals surface area contributed by atoms with Crippen LogP contribution >= 0.6 is 0 Å². The Balaban J connectivity index is 1.31. The van der Waals surface area contributed by atoms with E-state index in [9.17, 15) is 4.79 Å². The van der Waals surface area contributed by atoms with E-state index in [2.05, 4.69) is 42.2 Å². The molecule has 1 amide bonds. The summed E-state index contributed by atoms with van der Waals surface area (Å²) in [7, 11) is 0. The molecule has 2 heterocycles. The molecule has 4 heteroatoms. The largest absolute Gasteiger partial charge is 0.489 e. The third-order valence-electron chi connectivity index (χ3n) is 6.24. The van der Waals surface area contributed by atoms with Gasteiger partial charge in [0.15, 0.2) is 0 Å². The van der Waals surface area contributed by atoms with Gasteiger partial charge >= 0.3 is 0 Å². The lowest BCUT2D eigenvalue weighted by Crippen LogP contribution is -2.40. The highest BCUT2D eigenvalue weighted by Crippen LogP contribution is 2.26. The number of benzene rings is 2. The summed E-state index contributed by atoms with van der Waals surface area (Å²) in [5, 5.41) is 0. The molecule has 0 spiro atoms. The summed E-state index contributed by atoms with van der Waals surface area (Å²) in [6.07, 6.45) is 4.41. The zero-order valence-corrected chi connectivity index (χ0v) is 17.4. The SMILES string of the molecule is CC(CN1CCC(Oc2ccccc2C(=O)N2CCCC2)CC1)c1ccccc1. The van der Waals surface area contributed by atoms with E-state index in [1.807, 2.05) is 29.2 Å². The second-order valence-electron chi connectivity index (χ2n) is 8.43. The Labute approximate surface area is 174 Å². The van der Waals surface area contributed by atoms with Gasteiger partial charge in [-0.25, -0.2) is 0 Å². The van der Waals surface area contributed by atoms with Crippen LogP contribution in [0.5, 0.6) is 5.75 Å². The van der Waals surface area contributed by atoms with Gasteiger partial charge in [0.1, 0.15) is 11.9 Å². The van der Waals surface area contributed by atoms with E-state index in [4.69, 9.17) is 4.74 Å². The molecule has 4 rings (SSSR count). The number of para-hydroxylation sites is 1. The smallest absolute Gasteiger partial charge is 0.257 e. The summed E-state index contributed by atoms with van der Waals surface area (Å²) in [5.41, 5.74) is 2.12. The van der Waals surface area contributed by atoms with Crippen molar-refractivity contribution < 1.29 is 9.53 Å². The van der Waals surface area contributed by atoms with Crippen LogP contribution in [-0.4, -0.2) is 54.5 Å². The van der Waals surface area contributed by atoms with Gasteiger partial charge in [-0.15, -0.1) is 0 Å². The number of hydrogen-bond donors (Lipinski definition) is 0. The molecule has 2 saturated heterocycles. The zero-order valence-electron chi connectivity index (χ0n) is 17.4. The van der Waals surface area contributed by atoms with Gasteiger partial charge in [-0.1, -0.05) is 49.4 Å². The number of amides is 1. The third kappa shape index (κ3) is 4.99. The molecule has 154 valence electrons. The topological polar surface area (TPSA) is 32.8 Å². The quantitative estimate of drug-likeness (QED) is 0.722. The fourth-order valence-corrected chi connectivity index (χ4v) is 4.50. The monoisotopic (exact) mass is 392 g/mol. The van der Waals surface area contributed by atoms with Crippen LogP contribution in [0.25, 0.3) is 0 Å². The van der Waals surface area contributed by atoms with Crippen LogP contribution in [0.15, 0.2) is 54.6 Å². The normalized spacial score (nSPS) is 19.3. The molecule has 0 radical (unpaired) electrons. The van der Waals surface area contributed by atoms with Crippen LogP contribution in [0, 0.1) is 0 Å². The summed E-state index contributed by atoms with van der Waals surface area (Å²) >= 11 is 0. The molecule has 0 aliphatic carbocycles. The van der Waals surface area contributed by atoms with E-state index < -0.39 is 0 Å². The Kier molecular flexibility index (Phi) is 6.50. The second kappa shape index (κ2) is 9.45. The van der Waals surface area contributed by atoms with Gasteiger partial charge in [0.05, 0.1) is 5.56 Å². The van der Waals surface area contributed by atoms with E-state index in [1.165, 1.54) is 5.56 Å². The summed E-state index contributed by atoms with van der Waals surface area (Å²) in [4.78, 5) is 17.3. The molecule has 0 aromatic heterocycles. The van der Waals surface area contributed by atoms with Gasteiger partial charge in [0, 0.05) is 32.7 Å². The predicted octanol–water partition coefficient (Wildman–Crippen LogP) is 4.57. The van der Waals surface area contributed by atoms with Crippen molar-refractivity contribution in [2.24, 2.45) is 0 Å². The van der Waals surface area contributed by atoms with Gasteiger partial charge in [0.2, 0.25) is 0 Å². The number of carbonyl (C=O) groups is 1. The minimum Gasteiger partial charge on any atom is -0.489 e. The molecule has 0 saturated carbocycles. The molecule has 2 aliphatic heterocycles. The number of rotatable bonds is 6. The minimum absolute atomic E-state index is 0.118. The molecule has 29 heavy (non-hydrogen) atoms. The molecule has 2 aromatic rings. The Morgan fingerprint density at radius 3 is 2.34 bits per heavy atom. The van der Waals surface area contributed by atoms with Crippen LogP contribution in [0.2, 0.25) is 0 Å². The van der Waals surface area contributed by atoms with Crippen LogP contribution in [0.1, 0.15) is 54.4 Å². The lowest BCUT2D eigenvalue weighted by molar-refractivity contribution is 0.0766. The van der Waals surface area contributed by atoms with Gasteiger partial charge in [0.25, 0.3) is 5.91 Å². The van der Waals surface area contributed by atoms with E-state index >= 15 is 0 Å². The average Bonchev–Trinajstić information content (AvgIpc) is 3.31. The van der Waals surface area contributed by atoms with E-state index in [0.29, 0.717) is 5.92 Å². The first kappa shape index (κ1) is 20.0.